The van der Waals surface area contributed by atoms with Crippen LogP contribution in [-0.4, -0.2) is 34.5 Å². The summed E-state index contributed by atoms with van der Waals surface area (Å²) in [7, 11) is 0. The lowest BCUT2D eigenvalue weighted by atomic mass is 9.82. The molecule has 0 aliphatic carbocycles. The molecule has 2 N–H and O–H groups in total. The number of amides is 1. The number of halogens is 1. The Balaban J connectivity index is 0.00000192. The molecule has 3 heterocycles. The van der Waals surface area contributed by atoms with Crippen LogP contribution in [0, 0.1) is 11.8 Å². The zero-order chi connectivity index (χ0) is 15.9. The molecule has 2 bridgehead atoms. The van der Waals surface area contributed by atoms with Gasteiger partial charge in [-0.25, -0.2) is 0 Å². The molecule has 128 valence electrons. The van der Waals surface area contributed by atoms with Gasteiger partial charge in [0.15, 0.2) is 0 Å². The maximum absolute atomic E-state index is 12.6. The van der Waals surface area contributed by atoms with E-state index < -0.39 is 6.04 Å². The first-order chi connectivity index (χ1) is 10.5. The molecule has 1 aromatic rings. The number of fused-ring (bicyclic) bond motifs is 4. The Bertz CT molecular complexity index is 631. The third kappa shape index (κ3) is 3.31. The summed E-state index contributed by atoms with van der Waals surface area (Å²) < 4.78 is 1.88. The van der Waals surface area contributed by atoms with Crippen molar-refractivity contribution in [2.24, 2.45) is 17.6 Å². The van der Waals surface area contributed by atoms with E-state index in [4.69, 9.17) is 5.73 Å². The lowest BCUT2D eigenvalue weighted by Crippen LogP contribution is -2.54. The van der Waals surface area contributed by atoms with E-state index in [1.807, 2.05) is 28.5 Å². The highest BCUT2D eigenvalue weighted by atomic mass is 35.5. The van der Waals surface area contributed by atoms with Crippen molar-refractivity contribution in [2.75, 3.05) is 13.1 Å². The van der Waals surface area contributed by atoms with Crippen LogP contribution in [-0.2, 0) is 11.3 Å². The fourth-order valence-electron chi connectivity index (χ4n) is 3.78. The van der Waals surface area contributed by atoms with E-state index in [0.29, 0.717) is 19.0 Å². The molecular weight excluding hydrogens is 314 g/mol. The molecule has 23 heavy (non-hydrogen) atoms. The first-order valence-electron chi connectivity index (χ1n) is 8.25. The minimum absolute atomic E-state index is 0. The number of aromatic nitrogens is 1. The molecule has 3 rings (SSSR count). The monoisotopic (exact) mass is 339 g/mol. The van der Waals surface area contributed by atoms with Crippen LogP contribution < -0.4 is 11.3 Å². The SMILES string of the molecule is CC[C@H](C)[C@H](N)C(=O)N1C[C@@H]2C[C@@H](C1)c1cccc(=O)n1C2.Cl. The number of nitrogens with two attached hydrogens (primary N) is 1. The van der Waals surface area contributed by atoms with Gasteiger partial charge in [0.25, 0.3) is 5.56 Å². The van der Waals surface area contributed by atoms with Crippen LogP contribution in [0.1, 0.15) is 38.3 Å². The van der Waals surface area contributed by atoms with E-state index in [2.05, 4.69) is 6.92 Å². The van der Waals surface area contributed by atoms with E-state index in [-0.39, 0.29) is 35.7 Å². The predicted octanol–water partition coefficient (Wildman–Crippen LogP) is 1.59. The van der Waals surface area contributed by atoms with Crippen molar-refractivity contribution in [1.82, 2.24) is 9.47 Å². The van der Waals surface area contributed by atoms with Crippen molar-refractivity contribution in [3.63, 3.8) is 0 Å². The van der Waals surface area contributed by atoms with Crippen LogP contribution in [0.15, 0.2) is 23.0 Å². The number of carbonyl (C=O) groups is 1. The number of pyridine rings is 1. The smallest absolute Gasteiger partial charge is 0.250 e. The fraction of sp³-hybridized carbons (Fsp3) is 0.647. The molecule has 1 fully saturated rings. The van der Waals surface area contributed by atoms with Crippen molar-refractivity contribution in [3.8, 4) is 0 Å². The highest BCUT2D eigenvalue weighted by Gasteiger charge is 2.37. The lowest BCUT2D eigenvalue weighted by Gasteiger charge is -2.43. The van der Waals surface area contributed by atoms with Gasteiger partial charge in [-0.05, 0) is 24.3 Å². The van der Waals surface area contributed by atoms with Gasteiger partial charge in [-0.1, -0.05) is 26.3 Å². The molecular formula is C17H26ClN3O2. The normalized spacial score (nSPS) is 25.1. The van der Waals surface area contributed by atoms with Crippen LogP contribution in [0.5, 0.6) is 0 Å². The van der Waals surface area contributed by atoms with Crippen molar-refractivity contribution >= 4 is 18.3 Å². The highest BCUT2D eigenvalue weighted by Crippen LogP contribution is 2.35. The van der Waals surface area contributed by atoms with Gasteiger partial charge >= 0.3 is 0 Å². The van der Waals surface area contributed by atoms with Gasteiger partial charge in [0, 0.05) is 37.3 Å². The summed E-state index contributed by atoms with van der Waals surface area (Å²) in [5.41, 5.74) is 7.27. The Hall–Kier alpha value is -1.33. The van der Waals surface area contributed by atoms with Crippen LogP contribution in [0.2, 0.25) is 0 Å². The Labute approximate surface area is 143 Å². The molecule has 0 aromatic carbocycles. The quantitative estimate of drug-likeness (QED) is 0.909. The van der Waals surface area contributed by atoms with Gasteiger partial charge in [0.2, 0.25) is 5.91 Å². The highest BCUT2D eigenvalue weighted by molar-refractivity contribution is 5.85. The minimum Gasteiger partial charge on any atom is -0.340 e. The average molecular weight is 340 g/mol. The second-order valence-corrected chi connectivity index (χ2v) is 6.85. The number of hydrogen-bond donors (Lipinski definition) is 1. The summed E-state index contributed by atoms with van der Waals surface area (Å²) in [5, 5.41) is 0. The maximum Gasteiger partial charge on any atom is 0.250 e. The Kier molecular flexibility index (Phi) is 5.53. The van der Waals surface area contributed by atoms with Gasteiger partial charge in [-0.2, -0.15) is 0 Å². The summed E-state index contributed by atoms with van der Waals surface area (Å²) in [6, 6.07) is 5.04. The van der Waals surface area contributed by atoms with Crippen molar-refractivity contribution < 1.29 is 4.79 Å². The third-order valence-corrected chi connectivity index (χ3v) is 5.33. The Morgan fingerprint density at radius 2 is 2.09 bits per heavy atom. The summed E-state index contributed by atoms with van der Waals surface area (Å²) in [5.74, 6) is 0.883. The van der Waals surface area contributed by atoms with Crippen LogP contribution in [0.3, 0.4) is 0 Å². The third-order valence-electron chi connectivity index (χ3n) is 5.33. The largest absolute Gasteiger partial charge is 0.340 e. The Morgan fingerprint density at radius 1 is 1.35 bits per heavy atom. The number of carbonyl (C=O) groups excluding carboxylic acids is 1. The molecule has 1 aromatic heterocycles. The topological polar surface area (TPSA) is 68.3 Å². The van der Waals surface area contributed by atoms with E-state index in [1.165, 1.54) is 0 Å². The van der Waals surface area contributed by atoms with Gasteiger partial charge in [0.05, 0.1) is 6.04 Å². The second kappa shape index (κ2) is 7.05. The molecule has 2 aliphatic heterocycles. The number of likely N-dealkylation sites (tertiary alicyclic amines) is 1. The van der Waals surface area contributed by atoms with Crippen LogP contribution in [0.25, 0.3) is 0 Å². The molecule has 0 saturated carbocycles. The van der Waals surface area contributed by atoms with Crippen molar-refractivity contribution in [3.05, 3.63) is 34.2 Å². The number of piperidine rings is 1. The molecule has 0 spiro atoms. The molecule has 6 heteroatoms. The molecule has 0 radical (unpaired) electrons. The second-order valence-electron chi connectivity index (χ2n) is 6.85. The fourth-order valence-corrected chi connectivity index (χ4v) is 3.78. The number of rotatable bonds is 3. The maximum atomic E-state index is 12.6. The molecule has 2 aliphatic rings. The number of nitrogens with zero attached hydrogens (tertiary/aromatic N) is 2. The van der Waals surface area contributed by atoms with Gasteiger partial charge in [0.1, 0.15) is 0 Å². The van der Waals surface area contributed by atoms with Gasteiger partial charge in [-0.3, -0.25) is 9.59 Å². The standard InChI is InChI=1S/C17H25N3O2.ClH/c1-3-11(2)16(18)17(22)19-8-12-7-13(10-19)14-5-4-6-15(21)20(14)9-12;/h4-6,11-13,16H,3,7-10,18H2,1-2H3;1H/t11-,12-,13-,16-;/m0./s1. The molecule has 4 atom stereocenters. The first kappa shape index (κ1) is 18.0. The minimum atomic E-state index is -0.415. The van der Waals surface area contributed by atoms with Crippen LogP contribution in [0.4, 0.5) is 0 Å². The first-order valence-corrected chi connectivity index (χ1v) is 8.25. The van der Waals surface area contributed by atoms with Gasteiger partial charge in [-0.15, -0.1) is 12.4 Å². The predicted molar refractivity (Wildman–Crippen MR) is 92.8 cm³/mol. The summed E-state index contributed by atoms with van der Waals surface area (Å²) in [4.78, 5) is 26.6. The number of hydrogen-bond acceptors (Lipinski definition) is 3. The molecule has 1 saturated heterocycles. The van der Waals surface area contributed by atoms with Crippen molar-refractivity contribution in [1.29, 1.82) is 0 Å². The van der Waals surface area contributed by atoms with E-state index in [0.717, 1.165) is 25.1 Å². The van der Waals surface area contributed by atoms with E-state index in [9.17, 15) is 9.59 Å². The zero-order valence-electron chi connectivity index (χ0n) is 13.8. The van der Waals surface area contributed by atoms with E-state index >= 15 is 0 Å². The average Bonchev–Trinajstić information content (AvgIpc) is 2.53. The molecule has 1 amide bonds. The lowest BCUT2D eigenvalue weighted by molar-refractivity contribution is -0.136. The molecule has 5 nitrogen and oxygen atoms in total. The molecule has 0 unspecified atom stereocenters. The van der Waals surface area contributed by atoms with Crippen LogP contribution >= 0.6 is 12.4 Å². The summed E-state index contributed by atoms with van der Waals surface area (Å²) >= 11 is 0. The van der Waals surface area contributed by atoms with Gasteiger partial charge < -0.3 is 15.2 Å². The van der Waals surface area contributed by atoms with Crippen molar-refractivity contribution in [2.45, 2.75) is 45.2 Å². The summed E-state index contributed by atoms with van der Waals surface area (Å²) in [6.07, 6.45) is 1.97. The van der Waals surface area contributed by atoms with E-state index in [1.54, 1.807) is 6.07 Å². The summed E-state index contributed by atoms with van der Waals surface area (Å²) in [6.45, 7) is 6.21. The Morgan fingerprint density at radius 3 is 2.78 bits per heavy atom. The zero-order valence-corrected chi connectivity index (χ0v) is 14.6.